The molecule has 5 nitrogen and oxygen atoms in total. The van der Waals surface area contributed by atoms with Crippen LogP contribution in [-0.2, 0) is 18.2 Å². The summed E-state index contributed by atoms with van der Waals surface area (Å²) in [6, 6.07) is 2.05. The van der Waals surface area contributed by atoms with Crippen LogP contribution in [0.25, 0.3) is 0 Å². The summed E-state index contributed by atoms with van der Waals surface area (Å²) in [4.78, 5) is 0. The number of ether oxygens (including phenoxy) is 1. The number of nitrogens with two attached hydrogens (primary N) is 1. The molecule has 92 valence electrons. The zero-order valence-electron chi connectivity index (χ0n) is 10.5. The number of hydrogen-bond acceptors (Lipinski definition) is 4. The molecule has 3 N–H and O–H groups in total. The Morgan fingerprint density at radius 2 is 2.38 bits per heavy atom. The van der Waals surface area contributed by atoms with E-state index >= 15 is 0 Å². The maximum Gasteiger partial charge on any atom is 0.0817 e. The van der Waals surface area contributed by atoms with Crippen molar-refractivity contribution in [3.8, 4) is 0 Å². The fourth-order valence-electron chi connectivity index (χ4n) is 1.77. The van der Waals surface area contributed by atoms with Gasteiger partial charge in [-0.15, -0.1) is 0 Å². The van der Waals surface area contributed by atoms with E-state index in [1.165, 1.54) is 0 Å². The Morgan fingerprint density at radius 3 is 2.75 bits per heavy atom. The van der Waals surface area contributed by atoms with Crippen molar-refractivity contribution in [1.29, 1.82) is 0 Å². The molecule has 0 aromatic carbocycles. The topological polar surface area (TPSA) is 65.1 Å². The first-order valence-corrected chi connectivity index (χ1v) is 5.55. The van der Waals surface area contributed by atoms with Gasteiger partial charge in [0.15, 0.2) is 0 Å². The molecule has 5 heteroatoms. The Kier molecular flexibility index (Phi) is 4.46. The summed E-state index contributed by atoms with van der Waals surface area (Å²) in [5.41, 5.74) is 3.57. The van der Waals surface area contributed by atoms with Crippen molar-refractivity contribution in [3.63, 3.8) is 0 Å². The van der Waals surface area contributed by atoms with Crippen LogP contribution < -0.4 is 11.3 Å². The van der Waals surface area contributed by atoms with Gasteiger partial charge in [0.25, 0.3) is 0 Å². The molecular formula is C11H22N4O. The lowest BCUT2D eigenvalue weighted by Crippen LogP contribution is -2.53. The molecule has 0 amide bonds. The zero-order chi connectivity index (χ0) is 12.2. The summed E-state index contributed by atoms with van der Waals surface area (Å²) in [6.07, 6.45) is 3.58. The predicted molar refractivity (Wildman–Crippen MR) is 63.7 cm³/mol. The van der Waals surface area contributed by atoms with Gasteiger partial charge in [-0.3, -0.25) is 16.0 Å². The number of rotatable bonds is 6. The molecule has 0 aliphatic carbocycles. The van der Waals surface area contributed by atoms with Gasteiger partial charge < -0.3 is 4.74 Å². The van der Waals surface area contributed by atoms with E-state index in [0.717, 1.165) is 18.5 Å². The van der Waals surface area contributed by atoms with Gasteiger partial charge in [-0.05, 0) is 19.4 Å². The first-order valence-electron chi connectivity index (χ1n) is 5.55. The minimum absolute atomic E-state index is 0.0531. The van der Waals surface area contributed by atoms with Gasteiger partial charge >= 0.3 is 0 Å². The molecule has 2 unspecified atom stereocenters. The summed E-state index contributed by atoms with van der Waals surface area (Å²) in [5, 5.41) is 4.35. The molecule has 0 saturated carbocycles. The summed E-state index contributed by atoms with van der Waals surface area (Å²) >= 11 is 0. The van der Waals surface area contributed by atoms with Gasteiger partial charge in [-0.25, -0.2) is 0 Å². The minimum atomic E-state index is -0.272. The predicted octanol–water partition coefficient (Wildman–Crippen LogP) is 0.610. The molecule has 2 atom stereocenters. The Balaban J connectivity index is 2.75. The molecule has 1 aromatic heterocycles. The van der Waals surface area contributed by atoms with Crippen LogP contribution in [0.15, 0.2) is 12.3 Å². The van der Waals surface area contributed by atoms with Gasteiger partial charge in [0, 0.05) is 26.8 Å². The van der Waals surface area contributed by atoms with Crippen molar-refractivity contribution in [3.05, 3.63) is 18.0 Å². The Hall–Kier alpha value is -0.910. The molecule has 0 spiro atoms. The van der Waals surface area contributed by atoms with Crippen molar-refractivity contribution in [2.75, 3.05) is 7.11 Å². The first kappa shape index (κ1) is 13.2. The quantitative estimate of drug-likeness (QED) is 0.551. The van der Waals surface area contributed by atoms with E-state index in [1.54, 1.807) is 11.8 Å². The van der Waals surface area contributed by atoms with Crippen molar-refractivity contribution in [2.45, 2.75) is 38.3 Å². The van der Waals surface area contributed by atoms with E-state index < -0.39 is 0 Å². The highest BCUT2D eigenvalue weighted by Crippen LogP contribution is 2.21. The third-order valence-corrected chi connectivity index (χ3v) is 3.29. The minimum Gasteiger partial charge on any atom is -0.377 e. The lowest BCUT2D eigenvalue weighted by molar-refractivity contribution is -0.0290. The summed E-state index contributed by atoms with van der Waals surface area (Å²) < 4.78 is 7.33. The summed E-state index contributed by atoms with van der Waals surface area (Å²) in [5.74, 6) is 5.60. The van der Waals surface area contributed by atoms with E-state index in [1.807, 2.05) is 19.3 Å². The van der Waals surface area contributed by atoms with Crippen molar-refractivity contribution >= 4 is 0 Å². The second-order valence-corrected chi connectivity index (χ2v) is 4.27. The fourth-order valence-corrected chi connectivity index (χ4v) is 1.77. The Morgan fingerprint density at radius 1 is 1.69 bits per heavy atom. The molecule has 0 aliphatic heterocycles. The number of aromatic nitrogens is 2. The van der Waals surface area contributed by atoms with Gasteiger partial charge in [-0.2, -0.15) is 5.10 Å². The van der Waals surface area contributed by atoms with Crippen LogP contribution in [0.2, 0.25) is 0 Å². The number of nitrogens with one attached hydrogen (secondary N) is 1. The van der Waals surface area contributed by atoms with Crippen LogP contribution in [0.4, 0.5) is 0 Å². The van der Waals surface area contributed by atoms with E-state index in [9.17, 15) is 0 Å². The van der Waals surface area contributed by atoms with Crippen LogP contribution in [0.5, 0.6) is 0 Å². The summed E-state index contributed by atoms with van der Waals surface area (Å²) in [6.45, 7) is 4.15. The molecule has 0 radical (unpaired) electrons. The van der Waals surface area contributed by atoms with Crippen molar-refractivity contribution < 1.29 is 4.74 Å². The number of aryl methyl sites for hydroxylation is 1. The van der Waals surface area contributed by atoms with Gasteiger partial charge in [0.2, 0.25) is 0 Å². The normalized spacial score (nSPS) is 17.1. The smallest absolute Gasteiger partial charge is 0.0817 e. The molecule has 1 heterocycles. The third-order valence-electron chi connectivity index (χ3n) is 3.29. The zero-order valence-corrected chi connectivity index (χ0v) is 10.5. The third kappa shape index (κ3) is 2.81. The maximum absolute atomic E-state index is 5.60. The molecule has 0 aliphatic rings. The first-order chi connectivity index (χ1) is 7.55. The summed E-state index contributed by atoms with van der Waals surface area (Å²) in [7, 11) is 3.62. The number of nitrogens with zero attached hydrogens (tertiary/aromatic N) is 2. The Bertz CT molecular complexity index is 320. The lowest BCUT2D eigenvalue weighted by Gasteiger charge is -2.35. The molecule has 1 aromatic rings. The lowest BCUT2D eigenvalue weighted by atomic mass is 9.90. The van der Waals surface area contributed by atoms with Crippen LogP contribution in [-0.4, -0.2) is 28.5 Å². The number of hydrazine groups is 1. The Labute approximate surface area is 96.9 Å². The second kappa shape index (κ2) is 5.43. The maximum atomic E-state index is 5.60. The second-order valence-electron chi connectivity index (χ2n) is 4.27. The fraction of sp³-hybridized carbons (Fsp3) is 0.727. The molecule has 0 fully saturated rings. The van der Waals surface area contributed by atoms with Crippen LogP contribution in [0, 0.1) is 0 Å². The average Bonchev–Trinajstić information content (AvgIpc) is 2.70. The number of hydrogen-bond donors (Lipinski definition) is 2. The van der Waals surface area contributed by atoms with Crippen LogP contribution in [0.1, 0.15) is 26.0 Å². The monoisotopic (exact) mass is 226 g/mol. The van der Waals surface area contributed by atoms with Gasteiger partial charge in [-0.1, -0.05) is 6.92 Å². The van der Waals surface area contributed by atoms with E-state index in [2.05, 4.69) is 24.4 Å². The van der Waals surface area contributed by atoms with Crippen LogP contribution >= 0.6 is 0 Å². The average molecular weight is 226 g/mol. The van der Waals surface area contributed by atoms with Crippen molar-refractivity contribution in [2.24, 2.45) is 12.9 Å². The largest absolute Gasteiger partial charge is 0.377 e. The van der Waals surface area contributed by atoms with Gasteiger partial charge in [0.1, 0.15) is 0 Å². The van der Waals surface area contributed by atoms with E-state index in [0.29, 0.717) is 0 Å². The van der Waals surface area contributed by atoms with E-state index in [-0.39, 0.29) is 11.6 Å². The number of methoxy groups -OCH3 is 1. The molecule has 16 heavy (non-hydrogen) atoms. The highest BCUT2D eigenvalue weighted by molar-refractivity contribution is 5.04. The molecule has 1 rings (SSSR count). The highest BCUT2D eigenvalue weighted by atomic mass is 16.5. The molecular weight excluding hydrogens is 204 g/mol. The molecule has 0 saturated heterocycles. The van der Waals surface area contributed by atoms with Crippen molar-refractivity contribution in [1.82, 2.24) is 15.2 Å². The highest BCUT2D eigenvalue weighted by Gasteiger charge is 2.32. The van der Waals surface area contributed by atoms with Crippen LogP contribution in [0.3, 0.4) is 0 Å². The van der Waals surface area contributed by atoms with E-state index in [4.69, 9.17) is 10.6 Å². The SMILES string of the molecule is CCC(C)(OC)C(Cc1ccn(C)n1)NN. The van der Waals surface area contributed by atoms with Gasteiger partial charge in [0.05, 0.1) is 17.3 Å². The molecule has 0 bridgehead atoms. The standard InChI is InChI=1S/C11H22N4O/c1-5-11(2,16-4)10(13-12)8-9-6-7-15(3)14-9/h6-7,10,13H,5,8,12H2,1-4H3.